The normalized spacial score (nSPS) is 10.5. The molecule has 2 heterocycles. The van der Waals surface area contributed by atoms with E-state index in [2.05, 4.69) is 20.4 Å². The molecule has 6 nitrogen and oxygen atoms in total. The standard InChI is InChI=1S/C18H18N4O2/c1-13-7-9-15(10-8-13)20-16(23)5-2-6-17-21-18(22-24-17)14-4-3-11-19-12-14/h3-4,7-12H,2,5-6H2,1H3,(H,20,23). The molecule has 6 heteroatoms. The van der Waals surface area contributed by atoms with Gasteiger partial charge in [0.2, 0.25) is 17.6 Å². The van der Waals surface area contributed by atoms with Crippen LogP contribution in [0.15, 0.2) is 53.3 Å². The van der Waals surface area contributed by atoms with Gasteiger partial charge in [-0.15, -0.1) is 0 Å². The van der Waals surface area contributed by atoms with E-state index in [0.29, 0.717) is 31.0 Å². The van der Waals surface area contributed by atoms with E-state index in [1.54, 1.807) is 12.4 Å². The summed E-state index contributed by atoms with van der Waals surface area (Å²) in [6.07, 6.45) is 4.99. The largest absolute Gasteiger partial charge is 0.339 e. The summed E-state index contributed by atoms with van der Waals surface area (Å²) >= 11 is 0. The molecule has 2 aromatic heterocycles. The maximum Gasteiger partial charge on any atom is 0.226 e. The third-order valence-corrected chi connectivity index (χ3v) is 3.52. The first-order chi connectivity index (χ1) is 11.7. The van der Waals surface area contributed by atoms with Crippen LogP contribution in [0.1, 0.15) is 24.3 Å². The molecule has 122 valence electrons. The number of aromatic nitrogens is 3. The smallest absolute Gasteiger partial charge is 0.226 e. The number of anilines is 1. The third kappa shape index (κ3) is 4.25. The van der Waals surface area contributed by atoms with E-state index in [9.17, 15) is 4.79 Å². The minimum atomic E-state index is -0.0224. The lowest BCUT2D eigenvalue weighted by atomic mass is 10.2. The van der Waals surface area contributed by atoms with Crippen molar-refractivity contribution in [1.29, 1.82) is 0 Å². The molecule has 0 aliphatic rings. The molecule has 0 aliphatic carbocycles. The highest BCUT2D eigenvalue weighted by atomic mass is 16.5. The summed E-state index contributed by atoms with van der Waals surface area (Å²) in [5, 5.41) is 6.81. The van der Waals surface area contributed by atoms with Crippen molar-refractivity contribution in [2.75, 3.05) is 5.32 Å². The van der Waals surface area contributed by atoms with Crippen molar-refractivity contribution in [2.45, 2.75) is 26.2 Å². The molecule has 1 N–H and O–H groups in total. The Morgan fingerprint density at radius 1 is 1.21 bits per heavy atom. The fourth-order valence-electron chi connectivity index (χ4n) is 2.23. The zero-order valence-electron chi connectivity index (χ0n) is 13.4. The summed E-state index contributed by atoms with van der Waals surface area (Å²) in [4.78, 5) is 20.3. The number of carbonyl (C=O) groups excluding carboxylic acids is 1. The first-order valence-electron chi connectivity index (χ1n) is 7.80. The fourth-order valence-corrected chi connectivity index (χ4v) is 2.23. The number of rotatable bonds is 6. The highest BCUT2D eigenvalue weighted by Gasteiger charge is 2.09. The summed E-state index contributed by atoms with van der Waals surface area (Å²) in [5.74, 6) is 1.02. The maximum atomic E-state index is 11.9. The molecule has 0 radical (unpaired) electrons. The van der Waals surface area contributed by atoms with Gasteiger partial charge >= 0.3 is 0 Å². The predicted octanol–water partition coefficient (Wildman–Crippen LogP) is 3.40. The molecule has 0 saturated heterocycles. The lowest BCUT2D eigenvalue weighted by Gasteiger charge is -2.04. The zero-order chi connectivity index (χ0) is 16.8. The van der Waals surface area contributed by atoms with Gasteiger partial charge in [0.05, 0.1) is 0 Å². The molecule has 3 rings (SSSR count). The Kier molecular flexibility index (Phi) is 4.96. The average molecular weight is 322 g/mol. The molecule has 0 atom stereocenters. The second kappa shape index (κ2) is 7.50. The molecule has 0 spiro atoms. The molecule has 24 heavy (non-hydrogen) atoms. The van der Waals surface area contributed by atoms with Crippen LogP contribution in [0, 0.1) is 6.92 Å². The first-order valence-corrected chi connectivity index (χ1v) is 7.80. The Balaban J connectivity index is 1.47. The number of nitrogens with one attached hydrogen (secondary N) is 1. The summed E-state index contributed by atoms with van der Waals surface area (Å²) in [7, 11) is 0. The molecule has 0 unspecified atom stereocenters. The predicted molar refractivity (Wildman–Crippen MR) is 90.3 cm³/mol. The monoisotopic (exact) mass is 322 g/mol. The minimum absolute atomic E-state index is 0.0224. The quantitative estimate of drug-likeness (QED) is 0.752. The van der Waals surface area contributed by atoms with Gasteiger partial charge in [0.15, 0.2) is 0 Å². The van der Waals surface area contributed by atoms with Crippen LogP contribution in [-0.4, -0.2) is 21.0 Å². The molecule has 0 fully saturated rings. The van der Waals surface area contributed by atoms with E-state index in [1.807, 2.05) is 43.3 Å². The van der Waals surface area contributed by atoms with Crippen LogP contribution in [0.2, 0.25) is 0 Å². The van der Waals surface area contributed by atoms with Crippen molar-refractivity contribution in [3.8, 4) is 11.4 Å². The highest BCUT2D eigenvalue weighted by molar-refractivity contribution is 5.90. The Morgan fingerprint density at radius 3 is 2.79 bits per heavy atom. The van der Waals surface area contributed by atoms with Gasteiger partial charge in [-0.3, -0.25) is 9.78 Å². The van der Waals surface area contributed by atoms with Crippen LogP contribution in [0.5, 0.6) is 0 Å². The van der Waals surface area contributed by atoms with Crippen molar-refractivity contribution < 1.29 is 9.32 Å². The van der Waals surface area contributed by atoms with Gasteiger partial charge < -0.3 is 9.84 Å². The van der Waals surface area contributed by atoms with E-state index in [1.165, 1.54) is 0 Å². The molecule has 1 aromatic carbocycles. The molecule has 3 aromatic rings. The summed E-state index contributed by atoms with van der Waals surface area (Å²) in [5.41, 5.74) is 2.78. The Morgan fingerprint density at radius 2 is 2.04 bits per heavy atom. The summed E-state index contributed by atoms with van der Waals surface area (Å²) in [6, 6.07) is 11.4. The van der Waals surface area contributed by atoms with Gasteiger partial charge in [-0.25, -0.2) is 0 Å². The number of hydrogen-bond acceptors (Lipinski definition) is 5. The van der Waals surface area contributed by atoms with Crippen LogP contribution in [0.25, 0.3) is 11.4 Å². The number of amides is 1. The molecule has 0 aliphatic heterocycles. The lowest BCUT2D eigenvalue weighted by Crippen LogP contribution is -2.11. The highest BCUT2D eigenvalue weighted by Crippen LogP contribution is 2.15. The first kappa shape index (κ1) is 15.9. The van der Waals surface area contributed by atoms with Crippen molar-refractivity contribution in [1.82, 2.24) is 15.1 Å². The van der Waals surface area contributed by atoms with Gasteiger partial charge in [-0.2, -0.15) is 4.98 Å². The van der Waals surface area contributed by atoms with E-state index >= 15 is 0 Å². The molecular formula is C18H18N4O2. The maximum absolute atomic E-state index is 11.9. The van der Waals surface area contributed by atoms with Crippen LogP contribution < -0.4 is 5.32 Å². The molecule has 1 amide bonds. The van der Waals surface area contributed by atoms with Gasteiger partial charge in [-0.05, 0) is 37.6 Å². The van der Waals surface area contributed by atoms with Crippen molar-refractivity contribution >= 4 is 11.6 Å². The topological polar surface area (TPSA) is 80.9 Å². The van der Waals surface area contributed by atoms with Crippen LogP contribution in [-0.2, 0) is 11.2 Å². The van der Waals surface area contributed by atoms with E-state index in [4.69, 9.17) is 4.52 Å². The number of nitrogens with zero attached hydrogens (tertiary/aromatic N) is 3. The Hall–Kier alpha value is -3.02. The Bertz CT molecular complexity index is 797. The van der Waals surface area contributed by atoms with E-state index in [-0.39, 0.29) is 5.91 Å². The van der Waals surface area contributed by atoms with Crippen LogP contribution >= 0.6 is 0 Å². The number of carbonyl (C=O) groups is 1. The second-order valence-electron chi connectivity index (χ2n) is 5.52. The molecular weight excluding hydrogens is 304 g/mol. The average Bonchev–Trinajstić information content (AvgIpc) is 3.07. The number of benzene rings is 1. The number of aryl methyl sites for hydroxylation is 2. The fraction of sp³-hybridized carbons (Fsp3) is 0.222. The summed E-state index contributed by atoms with van der Waals surface area (Å²) in [6.45, 7) is 2.01. The Labute approximate surface area is 139 Å². The SMILES string of the molecule is Cc1ccc(NC(=O)CCCc2nc(-c3cccnc3)no2)cc1. The van der Waals surface area contributed by atoms with Gasteiger partial charge in [0.1, 0.15) is 0 Å². The minimum Gasteiger partial charge on any atom is -0.339 e. The van der Waals surface area contributed by atoms with Crippen LogP contribution in [0.4, 0.5) is 5.69 Å². The summed E-state index contributed by atoms with van der Waals surface area (Å²) < 4.78 is 5.21. The zero-order valence-corrected chi connectivity index (χ0v) is 13.4. The van der Waals surface area contributed by atoms with E-state index < -0.39 is 0 Å². The van der Waals surface area contributed by atoms with Crippen molar-refractivity contribution in [2.24, 2.45) is 0 Å². The number of pyridine rings is 1. The molecule has 0 saturated carbocycles. The van der Waals surface area contributed by atoms with Gasteiger partial charge in [-0.1, -0.05) is 22.9 Å². The number of hydrogen-bond donors (Lipinski definition) is 1. The third-order valence-electron chi connectivity index (χ3n) is 3.52. The van der Waals surface area contributed by atoms with Gasteiger partial charge in [0, 0.05) is 36.5 Å². The van der Waals surface area contributed by atoms with Crippen molar-refractivity contribution in [3.05, 3.63) is 60.2 Å². The van der Waals surface area contributed by atoms with Crippen LogP contribution in [0.3, 0.4) is 0 Å². The molecule has 0 bridgehead atoms. The lowest BCUT2D eigenvalue weighted by molar-refractivity contribution is -0.116. The van der Waals surface area contributed by atoms with E-state index in [0.717, 1.165) is 16.8 Å². The second-order valence-corrected chi connectivity index (χ2v) is 5.52. The van der Waals surface area contributed by atoms with Gasteiger partial charge in [0.25, 0.3) is 0 Å². The van der Waals surface area contributed by atoms with Crippen molar-refractivity contribution in [3.63, 3.8) is 0 Å².